The third-order valence-corrected chi connectivity index (χ3v) is 2.30. The van der Waals surface area contributed by atoms with E-state index < -0.39 is 0 Å². The number of allylic oxidation sites excluding steroid dienone is 10. The Bertz CT molecular complexity index is 331. The molecule has 0 heterocycles. The molecule has 0 saturated heterocycles. The van der Waals surface area contributed by atoms with Crippen molar-refractivity contribution in [2.45, 2.75) is 19.8 Å². The summed E-state index contributed by atoms with van der Waals surface area (Å²) in [5.74, 6) is 0. The first-order chi connectivity index (χ1) is 7.24. The summed E-state index contributed by atoms with van der Waals surface area (Å²) in [6.07, 6.45) is 17.1. The zero-order valence-electron chi connectivity index (χ0n) is 9.37. The lowest BCUT2D eigenvalue weighted by Crippen LogP contribution is -1.80. The molecular weight excluding hydrogens is 180 g/mol. The highest BCUT2D eigenvalue weighted by atomic mass is 14.1. The maximum absolute atomic E-state index is 3.56. The van der Waals surface area contributed by atoms with Crippen LogP contribution in [0.25, 0.3) is 0 Å². The van der Waals surface area contributed by atoms with Gasteiger partial charge in [0.15, 0.2) is 0 Å². The fraction of sp³-hybridized carbons (Fsp3) is 0.200. The average molecular weight is 198 g/mol. The van der Waals surface area contributed by atoms with E-state index in [0.29, 0.717) is 0 Å². The largest absolute Gasteiger partial charge is 0.0988 e. The molecule has 0 aromatic rings. The molecular formula is C15H18. The Morgan fingerprint density at radius 1 is 1.13 bits per heavy atom. The van der Waals surface area contributed by atoms with E-state index in [1.807, 2.05) is 6.92 Å². The van der Waals surface area contributed by atoms with E-state index >= 15 is 0 Å². The molecule has 0 fully saturated rings. The fourth-order valence-corrected chi connectivity index (χ4v) is 1.37. The normalized spacial score (nSPS) is 16.6. The van der Waals surface area contributed by atoms with Crippen LogP contribution in [0, 0.1) is 0 Å². The second kappa shape index (κ2) is 6.02. The van der Waals surface area contributed by atoms with Crippen LogP contribution in [-0.2, 0) is 0 Å². The molecule has 2 rings (SSSR count). The molecule has 0 heteroatoms. The molecule has 0 aromatic heterocycles. The summed E-state index contributed by atoms with van der Waals surface area (Å²) >= 11 is 0. The van der Waals surface area contributed by atoms with E-state index in [1.54, 1.807) is 6.08 Å². The molecule has 0 amide bonds. The van der Waals surface area contributed by atoms with Crippen molar-refractivity contribution in [3.05, 3.63) is 72.4 Å². The molecule has 0 N–H and O–H groups in total. The topological polar surface area (TPSA) is 0 Å². The van der Waals surface area contributed by atoms with Gasteiger partial charge in [0.1, 0.15) is 0 Å². The molecule has 0 radical (unpaired) electrons. The highest BCUT2D eigenvalue weighted by Crippen LogP contribution is 2.25. The molecule has 2 aliphatic rings. The van der Waals surface area contributed by atoms with Gasteiger partial charge in [-0.25, -0.2) is 0 Å². The first-order valence-electron chi connectivity index (χ1n) is 5.23. The lowest BCUT2D eigenvalue weighted by Gasteiger charge is -1.99. The van der Waals surface area contributed by atoms with Crippen LogP contribution in [0.3, 0.4) is 0 Å². The van der Waals surface area contributed by atoms with E-state index in [9.17, 15) is 0 Å². The Labute approximate surface area is 92.7 Å². The van der Waals surface area contributed by atoms with Crippen molar-refractivity contribution in [1.29, 1.82) is 0 Å². The molecule has 0 nitrogen and oxygen atoms in total. The third kappa shape index (κ3) is 3.99. The van der Waals surface area contributed by atoms with Gasteiger partial charge in [0.05, 0.1) is 0 Å². The van der Waals surface area contributed by atoms with E-state index in [0.717, 1.165) is 18.4 Å². The number of hydrogen-bond donors (Lipinski definition) is 0. The molecule has 0 bridgehead atoms. The van der Waals surface area contributed by atoms with E-state index in [2.05, 4.69) is 49.6 Å². The van der Waals surface area contributed by atoms with Crippen LogP contribution >= 0.6 is 0 Å². The summed E-state index contributed by atoms with van der Waals surface area (Å²) in [5, 5.41) is 0. The Balaban J connectivity index is 0.000000195. The van der Waals surface area contributed by atoms with Gasteiger partial charge >= 0.3 is 0 Å². The van der Waals surface area contributed by atoms with Crippen LogP contribution in [0.2, 0.25) is 0 Å². The van der Waals surface area contributed by atoms with Crippen LogP contribution < -0.4 is 0 Å². The van der Waals surface area contributed by atoms with Crippen molar-refractivity contribution in [2.75, 3.05) is 0 Å². The summed E-state index contributed by atoms with van der Waals surface area (Å²) in [4.78, 5) is 0. The number of hydrogen-bond acceptors (Lipinski definition) is 0. The highest BCUT2D eigenvalue weighted by molar-refractivity contribution is 5.44. The molecule has 0 aliphatic heterocycles. The van der Waals surface area contributed by atoms with Crippen molar-refractivity contribution in [1.82, 2.24) is 0 Å². The van der Waals surface area contributed by atoms with Gasteiger partial charge in [0.25, 0.3) is 0 Å². The highest BCUT2D eigenvalue weighted by Gasteiger charge is 2.05. The lowest BCUT2D eigenvalue weighted by atomic mass is 10.1. The van der Waals surface area contributed by atoms with Crippen LogP contribution in [0.1, 0.15) is 19.8 Å². The van der Waals surface area contributed by atoms with Gasteiger partial charge in [-0.05, 0) is 30.9 Å². The van der Waals surface area contributed by atoms with Gasteiger partial charge in [0.2, 0.25) is 0 Å². The van der Waals surface area contributed by atoms with Crippen molar-refractivity contribution < 1.29 is 0 Å². The van der Waals surface area contributed by atoms with E-state index in [1.165, 1.54) is 11.1 Å². The minimum Gasteiger partial charge on any atom is -0.0988 e. The summed E-state index contributed by atoms with van der Waals surface area (Å²) in [5.41, 5.74) is 4.00. The van der Waals surface area contributed by atoms with Crippen LogP contribution in [0.15, 0.2) is 72.4 Å². The Hall–Kier alpha value is -1.56. The van der Waals surface area contributed by atoms with E-state index in [4.69, 9.17) is 0 Å². The molecule has 0 unspecified atom stereocenters. The monoisotopic (exact) mass is 198 g/mol. The Morgan fingerprint density at radius 3 is 1.73 bits per heavy atom. The molecule has 0 spiro atoms. The molecule has 0 atom stereocenters. The average Bonchev–Trinajstić information content (AvgIpc) is 2.90. The zero-order valence-corrected chi connectivity index (χ0v) is 9.37. The van der Waals surface area contributed by atoms with Gasteiger partial charge in [-0.3, -0.25) is 0 Å². The SMILES string of the molecule is C1=CCC(C2=CC=CC2)=C1.C=CC(=C)C. The maximum Gasteiger partial charge on any atom is -0.00915 e. The minimum absolute atomic E-state index is 1.02. The molecule has 0 saturated carbocycles. The zero-order chi connectivity index (χ0) is 11.1. The van der Waals surface area contributed by atoms with Crippen molar-refractivity contribution in [2.24, 2.45) is 0 Å². The second-order valence-corrected chi connectivity index (χ2v) is 3.70. The van der Waals surface area contributed by atoms with Gasteiger partial charge in [-0.2, -0.15) is 0 Å². The quantitative estimate of drug-likeness (QED) is 0.573. The Morgan fingerprint density at radius 2 is 1.53 bits per heavy atom. The van der Waals surface area contributed by atoms with Crippen molar-refractivity contribution >= 4 is 0 Å². The second-order valence-electron chi connectivity index (χ2n) is 3.70. The Kier molecular flexibility index (Phi) is 4.62. The summed E-state index contributed by atoms with van der Waals surface area (Å²) in [6.45, 7) is 8.93. The summed E-state index contributed by atoms with van der Waals surface area (Å²) in [6, 6.07) is 0. The first kappa shape index (κ1) is 11.5. The van der Waals surface area contributed by atoms with Gasteiger partial charge in [-0.15, -0.1) is 0 Å². The lowest BCUT2D eigenvalue weighted by molar-refractivity contribution is 1.18. The predicted octanol–water partition coefficient (Wildman–Crippen LogP) is 4.51. The first-order valence-corrected chi connectivity index (χ1v) is 5.23. The summed E-state index contributed by atoms with van der Waals surface area (Å²) in [7, 11) is 0. The molecule has 2 aliphatic carbocycles. The minimum atomic E-state index is 1.02. The van der Waals surface area contributed by atoms with Gasteiger partial charge < -0.3 is 0 Å². The van der Waals surface area contributed by atoms with Crippen LogP contribution in [-0.4, -0.2) is 0 Å². The van der Waals surface area contributed by atoms with Gasteiger partial charge in [-0.1, -0.05) is 61.3 Å². The number of rotatable bonds is 2. The van der Waals surface area contributed by atoms with E-state index in [-0.39, 0.29) is 0 Å². The molecule has 0 aromatic carbocycles. The third-order valence-electron chi connectivity index (χ3n) is 2.30. The van der Waals surface area contributed by atoms with Crippen LogP contribution in [0.4, 0.5) is 0 Å². The standard InChI is InChI=1S/C10H10.C5H8/c1-2-6-9(5-1)10-7-3-4-8-10;1-4-5(2)3/h1-5,7H,6,8H2;4H,1-2H2,3H3. The van der Waals surface area contributed by atoms with Gasteiger partial charge in [0, 0.05) is 0 Å². The molecule has 15 heavy (non-hydrogen) atoms. The van der Waals surface area contributed by atoms with Crippen LogP contribution in [0.5, 0.6) is 0 Å². The van der Waals surface area contributed by atoms with Crippen molar-refractivity contribution in [3.8, 4) is 0 Å². The fourth-order valence-electron chi connectivity index (χ4n) is 1.37. The smallest absolute Gasteiger partial charge is 0.00915 e. The molecule has 78 valence electrons. The predicted molar refractivity (Wildman–Crippen MR) is 68.7 cm³/mol. The maximum atomic E-state index is 3.56. The summed E-state index contributed by atoms with van der Waals surface area (Å²) < 4.78 is 0. The van der Waals surface area contributed by atoms with Crippen molar-refractivity contribution in [3.63, 3.8) is 0 Å².